The van der Waals surface area contributed by atoms with Gasteiger partial charge in [0.2, 0.25) is 0 Å². The quantitative estimate of drug-likeness (QED) is 0.897. The first-order valence-electron chi connectivity index (χ1n) is 6.62. The van der Waals surface area contributed by atoms with Crippen molar-refractivity contribution in [2.75, 3.05) is 6.61 Å². The SMILES string of the molecule is CCOc1cc(-c2nc(CC)c(C)c(=O)[nH]2)ccc1O. The van der Waals surface area contributed by atoms with E-state index in [1.54, 1.807) is 19.1 Å². The summed E-state index contributed by atoms with van der Waals surface area (Å²) in [5.41, 5.74) is 1.98. The summed E-state index contributed by atoms with van der Waals surface area (Å²) in [7, 11) is 0. The number of benzene rings is 1. The molecular weight excluding hydrogens is 256 g/mol. The number of hydrogen-bond acceptors (Lipinski definition) is 4. The molecule has 20 heavy (non-hydrogen) atoms. The summed E-state index contributed by atoms with van der Waals surface area (Å²) in [6.07, 6.45) is 0.694. The van der Waals surface area contributed by atoms with Gasteiger partial charge in [0.05, 0.1) is 12.3 Å². The number of rotatable bonds is 4. The lowest BCUT2D eigenvalue weighted by Crippen LogP contribution is -2.15. The van der Waals surface area contributed by atoms with Gasteiger partial charge in [-0.25, -0.2) is 4.98 Å². The van der Waals surface area contributed by atoms with Crippen molar-refractivity contribution < 1.29 is 9.84 Å². The first-order chi connectivity index (χ1) is 9.56. The highest BCUT2D eigenvalue weighted by molar-refractivity contribution is 5.61. The number of ether oxygens (including phenoxy) is 1. The van der Waals surface area contributed by atoms with Crippen molar-refractivity contribution >= 4 is 0 Å². The van der Waals surface area contributed by atoms with Crippen molar-refractivity contribution in [1.82, 2.24) is 9.97 Å². The van der Waals surface area contributed by atoms with Gasteiger partial charge in [-0.15, -0.1) is 0 Å². The van der Waals surface area contributed by atoms with Crippen LogP contribution in [0.5, 0.6) is 11.5 Å². The number of hydrogen-bond donors (Lipinski definition) is 2. The minimum Gasteiger partial charge on any atom is -0.504 e. The normalized spacial score (nSPS) is 10.6. The molecule has 0 saturated carbocycles. The molecule has 5 nitrogen and oxygen atoms in total. The lowest BCUT2D eigenvalue weighted by molar-refractivity contribution is 0.318. The number of phenolic OH excluding ortho intramolecular Hbond substituents is 1. The highest BCUT2D eigenvalue weighted by Crippen LogP contribution is 2.30. The van der Waals surface area contributed by atoms with Crippen molar-refractivity contribution in [2.24, 2.45) is 0 Å². The Hall–Kier alpha value is -2.30. The summed E-state index contributed by atoms with van der Waals surface area (Å²) < 4.78 is 5.34. The molecule has 2 N–H and O–H groups in total. The fourth-order valence-corrected chi connectivity index (χ4v) is 1.99. The number of aryl methyl sites for hydroxylation is 1. The van der Waals surface area contributed by atoms with Crippen LogP contribution in [-0.4, -0.2) is 21.7 Å². The second kappa shape index (κ2) is 5.77. The van der Waals surface area contributed by atoms with E-state index < -0.39 is 0 Å². The van der Waals surface area contributed by atoms with Gasteiger partial charge in [0, 0.05) is 11.1 Å². The lowest BCUT2D eigenvalue weighted by Gasteiger charge is -2.09. The predicted octanol–water partition coefficient (Wildman–Crippen LogP) is 2.41. The zero-order chi connectivity index (χ0) is 14.7. The predicted molar refractivity (Wildman–Crippen MR) is 77.2 cm³/mol. The van der Waals surface area contributed by atoms with Gasteiger partial charge in [0.1, 0.15) is 5.82 Å². The van der Waals surface area contributed by atoms with Crippen LogP contribution in [0.15, 0.2) is 23.0 Å². The Morgan fingerprint density at radius 3 is 2.75 bits per heavy atom. The van der Waals surface area contributed by atoms with Gasteiger partial charge in [-0.1, -0.05) is 6.92 Å². The van der Waals surface area contributed by atoms with E-state index in [1.807, 2.05) is 13.8 Å². The summed E-state index contributed by atoms with van der Waals surface area (Å²) in [6, 6.07) is 4.91. The van der Waals surface area contributed by atoms with E-state index in [2.05, 4.69) is 9.97 Å². The van der Waals surface area contributed by atoms with Crippen molar-refractivity contribution in [3.63, 3.8) is 0 Å². The average molecular weight is 274 g/mol. The number of nitrogens with zero attached hydrogens (tertiary/aromatic N) is 1. The van der Waals surface area contributed by atoms with E-state index >= 15 is 0 Å². The van der Waals surface area contributed by atoms with E-state index in [0.29, 0.717) is 35.7 Å². The summed E-state index contributed by atoms with van der Waals surface area (Å²) in [4.78, 5) is 19.1. The third kappa shape index (κ3) is 2.66. The minimum absolute atomic E-state index is 0.0702. The Labute approximate surface area is 117 Å². The molecule has 0 bridgehead atoms. The van der Waals surface area contributed by atoms with Crippen LogP contribution < -0.4 is 10.3 Å². The molecule has 5 heteroatoms. The van der Waals surface area contributed by atoms with Crippen molar-refractivity contribution in [3.8, 4) is 22.9 Å². The van der Waals surface area contributed by atoms with Crippen molar-refractivity contribution in [2.45, 2.75) is 27.2 Å². The highest BCUT2D eigenvalue weighted by atomic mass is 16.5. The van der Waals surface area contributed by atoms with Gasteiger partial charge in [0.15, 0.2) is 11.5 Å². The maximum absolute atomic E-state index is 11.9. The van der Waals surface area contributed by atoms with E-state index in [1.165, 1.54) is 6.07 Å². The van der Waals surface area contributed by atoms with E-state index in [0.717, 1.165) is 5.69 Å². The monoisotopic (exact) mass is 274 g/mol. The average Bonchev–Trinajstić information content (AvgIpc) is 2.44. The van der Waals surface area contributed by atoms with E-state index in [-0.39, 0.29) is 11.3 Å². The molecule has 0 spiro atoms. The zero-order valence-electron chi connectivity index (χ0n) is 11.9. The van der Waals surface area contributed by atoms with Crippen LogP contribution in [-0.2, 0) is 6.42 Å². The van der Waals surface area contributed by atoms with E-state index in [9.17, 15) is 9.90 Å². The molecule has 0 amide bonds. The molecule has 0 aliphatic carbocycles. The van der Waals surface area contributed by atoms with Crippen LogP contribution in [0, 0.1) is 6.92 Å². The molecule has 0 atom stereocenters. The molecule has 0 fully saturated rings. The standard InChI is InChI=1S/C15H18N2O3/c1-4-11-9(3)15(19)17-14(16-11)10-6-7-12(18)13(8-10)20-5-2/h6-8,18H,4-5H2,1-3H3,(H,16,17,19). The maximum Gasteiger partial charge on any atom is 0.254 e. The highest BCUT2D eigenvalue weighted by Gasteiger charge is 2.10. The molecule has 106 valence electrons. The van der Waals surface area contributed by atoms with E-state index in [4.69, 9.17) is 4.74 Å². The van der Waals surface area contributed by atoms with Gasteiger partial charge in [-0.3, -0.25) is 4.79 Å². The van der Waals surface area contributed by atoms with Crippen LogP contribution >= 0.6 is 0 Å². The number of nitrogens with one attached hydrogen (secondary N) is 1. The first-order valence-corrected chi connectivity index (χ1v) is 6.62. The molecule has 1 heterocycles. The Morgan fingerprint density at radius 1 is 1.35 bits per heavy atom. The Morgan fingerprint density at radius 2 is 2.10 bits per heavy atom. The number of aromatic nitrogens is 2. The van der Waals surface area contributed by atoms with Gasteiger partial charge in [-0.2, -0.15) is 0 Å². The minimum atomic E-state index is -0.141. The van der Waals surface area contributed by atoms with Gasteiger partial charge >= 0.3 is 0 Å². The number of H-pyrrole nitrogens is 1. The summed E-state index contributed by atoms with van der Waals surface area (Å²) >= 11 is 0. The van der Waals surface area contributed by atoms with Crippen molar-refractivity contribution in [3.05, 3.63) is 39.8 Å². The molecule has 1 aromatic carbocycles. The lowest BCUT2D eigenvalue weighted by atomic mass is 10.1. The Bertz CT molecular complexity index is 677. The zero-order valence-corrected chi connectivity index (χ0v) is 11.9. The number of phenols is 1. The number of aromatic amines is 1. The fourth-order valence-electron chi connectivity index (χ4n) is 1.99. The van der Waals surface area contributed by atoms with Crippen LogP contribution in [0.3, 0.4) is 0 Å². The second-order valence-electron chi connectivity index (χ2n) is 4.46. The summed E-state index contributed by atoms with van der Waals surface area (Å²) in [5.74, 6) is 0.936. The third-order valence-corrected chi connectivity index (χ3v) is 3.12. The van der Waals surface area contributed by atoms with Crippen LogP contribution in [0.25, 0.3) is 11.4 Å². The van der Waals surface area contributed by atoms with Gasteiger partial charge in [-0.05, 0) is 38.5 Å². The second-order valence-corrected chi connectivity index (χ2v) is 4.46. The largest absolute Gasteiger partial charge is 0.504 e. The summed E-state index contributed by atoms with van der Waals surface area (Å²) in [5, 5.41) is 9.70. The molecule has 0 radical (unpaired) electrons. The Kier molecular flexibility index (Phi) is 4.08. The topological polar surface area (TPSA) is 75.2 Å². The summed E-state index contributed by atoms with van der Waals surface area (Å²) in [6.45, 7) is 6.01. The molecule has 0 saturated heterocycles. The first kappa shape index (κ1) is 14.1. The molecule has 0 unspecified atom stereocenters. The smallest absolute Gasteiger partial charge is 0.254 e. The molecule has 2 aromatic rings. The fraction of sp³-hybridized carbons (Fsp3) is 0.333. The third-order valence-electron chi connectivity index (χ3n) is 3.12. The molecule has 0 aliphatic rings. The molecule has 2 rings (SSSR count). The van der Waals surface area contributed by atoms with Crippen molar-refractivity contribution in [1.29, 1.82) is 0 Å². The van der Waals surface area contributed by atoms with Gasteiger partial charge in [0.25, 0.3) is 5.56 Å². The van der Waals surface area contributed by atoms with Gasteiger partial charge < -0.3 is 14.8 Å². The van der Waals surface area contributed by atoms with Crippen LogP contribution in [0.2, 0.25) is 0 Å². The molecule has 1 aromatic heterocycles. The van der Waals surface area contributed by atoms with Crippen LogP contribution in [0.1, 0.15) is 25.1 Å². The molecule has 0 aliphatic heterocycles. The maximum atomic E-state index is 11.9. The molecular formula is C15H18N2O3. The van der Waals surface area contributed by atoms with Crippen LogP contribution in [0.4, 0.5) is 0 Å². The number of aromatic hydroxyl groups is 1. The Balaban J connectivity index is 2.54.